The Bertz CT molecular complexity index is 502. The van der Waals surface area contributed by atoms with Crippen LogP contribution in [0.15, 0.2) is 45.5 Å². The molecule has 1 aromatic heterocycles. The lowest BCUT2D eigenvalue weighted by Gasteiger charge is -2.12. The first kappa shape index (κ1) is 13.2. The molecule has 0 aliphatic rings. The van der Waals surface area contributed by atoms with Gasteiger partial charge in [-0.3, -0.25) is 0 Å². The van der Waals surface area contributed by atoms with Crippen molar-refractivity contribution in [2.45, 2.75) is 26.1 Å². The summed E-state index contributed by atoms with van der Waals surface area (Å²) in [5, 5.41) is 10.1. The molecule has 0 bridgehead atoms. The van der Waals surface area contributed by atoms with Crippen LogP contribution in [-0.2, 0) is 0 Å². The molecule has 2 aromatic rings. The molecule has 3 nitrogen and oxygen atoms in total. The Hall–Kier alpha value is -1.26. The van der Waals surface area contributed by atoms with Crippen molar-refractivity contribution in [1.29, 1.82) is 0 Å². The van der Waals surface area contributed by atoms with Crippen molar-refractivity contribution < 1.29 is 14.3 Å². The van der Waals surface area contributed by atoms with Crippen molar-refractivity contribution in [3.63, 3.8) is 0 Å². The average molecular weight is 311 g/mol. The molecule has 96 valence electrons. The molecule has 0 aliphatic carbocycles. The number of aliphatic hydroxyl groups is 1. The molecule has 0 radical (unpaired) electrons. The summed E-state index contributed by atoms with van der Waals surface area (Å²) in [6.07, 6.45) is -0.619. The van der Waals surface area contributed by atoms with Gasteiger partial charge < -0.3 is 14.3 Å². The van der Waals surface area contributed by atoms with E-state index in [1.165, 1.54) is 0 Å². The number of ether oxygens (including phenoxy) is 1. The van der Waals surface area contributed by atoms with Crippen LogP contribution < -0.4 is 4.74 Å². The zero-order chi connectivity index (χ0) is 13.1. The van der Waals surface area contributed by atoms with Gasteiger partial charge in [-0.2, -0.15) is 0 Å². The minimum Gasteiger partial charge on any atom is -0.491 e. The monoisotopic (exact) mass is 310 g/mol. The first-order chi connectivity index (χ1) is 8.56. The van der Waals surface area contributed by atoms with Gasteiger partial charge >= 0.3 is 0 Å². The van der Waals surface area contributed by atoms with E-state index in [9.17, 15) is 5.11 Å². The van der Waals surface area contributed by atoms with Gasteiger partial charge in [0.25, 0.3) is 0 Å². The molecular formula is C14H15BrO3. The van der Waals surface area contributed by atoms with Crippen LogP contribution in [0.5, 0.6) is 5.75 Å². The highest BCUT2D eigenvalue weighted by Gasteiger charge is 2.14. The van der Waals surface area contributed by atoms with E-state index in [0.29, 0.717) is 10.4 Å². The number of benzene rings is 1. The van der Waals surface area contributed by atoms with E-state index in [2.05, 4.69) is 15.9 Å². The molecular weight excluding hydrogens is 296 g/mol. The van der Waals surface area contributed by atoms with Gasteiger partial charge in [0.2, 0.25) is 0 Å². The smallest absolute Gasteiger partial charge is 0.169 e. The highest BCUT2D eigenvalue weighted by atomic mass is 79.9. The first-order valence-corrected chi connectivity index (χ1v) is 6.55. The van der Waals surface area contributed by atoms with Gasteiger partial charge in [-0.25, -0.2) is 0 Å². The Kier molecular flexibility index (Phi) is 4.09. The summed E-state index contributed by atoms with van der Waals surface area (Å²) in [4.78, 5) is 0. The number of furan rings is 1. The van der Waals surface area contributed by atoms with Crippen molar-refractivity contribution in [3.05, 3.63) is 52.4 Å². The van der Waals surface area contributed by atoms with Crippen LogP contribution >= 0.6 is 15.9 Å². The summed E-state index contributed by atoms with van der Waals surface area (Å²) in [6.45, 7) is 3.95. The molecule has 1 unspecified atom stereocenters. The normalized spacial score (nSPS) is 12.7. The molecule has 4 heteroatoms. The lowest BCUT2D eigenvalue weighted by atomic mass is 10.1. The van der Waals surface area contributed by atoms with Gasteiger partial charge in [-0.1, -0.05) is 12.1 Å². The largest absolute Gasteiger partial charge is 0.491 e. The second-order valence-corrected chi connectivity index (χ2v) is 5.06. The second kappa shape index (κ2) is 5.59. The highest BCUT2D eigenvalue weighted by molar-refractivity contribution is 9.10. The predicted molar refractivity (Wildman–Crippen MR) is 72.7 cm³/mol. The highest BCUT2D eigenvalue weighted by Crippen LogP contribution is 2.27. The van der Waals surface area contributed by atoms with E-state index in [-0.39, 0.29) is 6.10 Å². The van der Waals surface area contributed by atoms with Crippen LogP contribution in [-0.4, -0.2) is 11.2 Å². The van der Waals surface area contributed by atoms with Gasteiger partial charge in [0.05, 0.1) is 6.10 Å². The zero-order valence-electron chi connectivity index (χ0n) is 10.3. The maximum Gasteiger partial charge on any atom is 0.169 e. The SMILES string of the molecule is CC(C)Oc1ccc(C(O)c2ccc(Br)o2)cc1. The predicted octanol–water partition coefficient (Wildman–Crippen LogP) is 3.91. The summed E-state index contributed by atoms with van der Waals surface area (Å²) in [6, 6.07) is 10.9. The van der Waals surface area contributed by atoms with Gasteiger partial charge in [-0.15, -0.1) is 0 Å². The quantitative estimate of drug-likeness (QED) is 0.931. The second-order valence-electron chi connectivity index (χ2n) is 4.28. The van der Waals surface area contributed by atoms with E-state index in [1.54, 1.807) is 12.1 Å². The lowest BCUT2D eigenvalue weighted by molar-refractivity contribution is 0.187. The van der Waals surface area contributed by atoms with Crippen LogP contribution in [0, 0.1) is 0 Å². The van der Waals surface area contributed by atoms with Crippen molar-refractivity contribution >= 4 is 15.9 Å². The van der Waals surface area contributed by atoms with Gasteiger partial charge in [0, 0.05) is 0 Å². The molecule has 0 saturated heterocycles. The molecule has 2 rings (SSSR count). The van der Waals surface area contributed by atoms with Gasteiger partial charge in [-0.05, 0) is 59.6 Å². The minimum absolute atomic E-state index is 0.141. The number of rotatable bonds is 4. The molecule has 0 fully saturated rings. The van der Waals surface area contributed by atoms with E-state index >= 15 is 0 Å². The fourth-order valence-electron chi connectivity index (χ4n) is 1.64. The summed E-state index contributed by atoms with van der Waals surface area (Å²) in [7, 11) is 0. The number of hydrogen-bond acceptors (Lipinski definition) is 3. The fraction of sp³-hybridized carbons (Fsp3) is 0.286. The van der Waals surface area contributed by atoms with Gasteiger partial charge in [0.15, 0.2) is 4.67 Å². The zero-order valence-corrected chi connectivity index (χ0v) is 11.8. The first-order valence-electron chi connectivity index (χ1n) is 5.76. The summed E-state index contributed by atoms with van der Waals surface area (Å²) in [5.41, 5.74) is 0.771. The Morgan fingerprint density at radius 2 is 1.78 bits per heavy atom. The molecule has 1 aromatic carbocycles. The molecule has 0 spiro atoms. The molecule has 1 atom stereocenters. The Morgan fingerprint density at radius 1 is 1.11 bits per heavy atom. The van der Waals surface area contributed by atoms with Crippen LogP contribution in [0.1, 0.15) is 31.3 Å². The Balaban J connectivity index is 2.14. The maximum absolute atomic E-state index is 10.1. The van der Waals surface area contributed by atoms with Crippen LogP contribution in [0.4, 0.5) is 0 Å². The topological polar surface area (TPSA) is 42.6 Å². The molecule has 0 saturated carbocycles. The fourth-order valence-corrected chi connectivity index (χ4v) is 1.96. The Labute approximate surface area is 115 Å². The van der Waals surface area contributed by atoms with Crippen LogP contribution in [0.3, 0.4) is 0 Å². The van der Waals surface area contributed by atoms with Crippen molar-refractivity contribution in [2.75, 3.05) is 0 Å². The lowest BCUT2D eigenvalue weighted by Crippen LogP contribution is -2.05. The third-order valence-electron chi connectivity index (χ3n) is 2.43. The summed E-state index contributed by atoms with van der Waals surface area (Å²) < 4.78 is 11.5. The third-order valence-corrected chi connectivity index (χ3v) is 2.86. The van der Waals surface area contributed by atoms with E-state index < -0.39 is 6.10 Å². The average Bonchev–Trinajstić information content (AvgIpc) is 2.75. The summed E-state index contributed by atoms with van der Waals surface area (Å²) >= 11 is 3.21. The van der Waals surface area contributed by atoms with E-state index in [0.717, 1.165) is 11.3 Å². The van der Waals surface area contributed by atoms with Crippen molar-refractivity contribution in [1.82, 2.24) is 0 Å². The van der Waals surface area contributed by atoms with Crippen LogP contribution in [0.2, 0.25) is 0 Å². The molecule has 1 heterocycles. The molecule has 18 heavy (non-hydrogen) atoms. The van der Waals surface area contributed by atoms with Gasteiger partial charge in [0.1, 0.15) is 17.6 Å². The third kappa shape index (κ3) is 3.15. The minimum atomic E-state index is -0.760. The van der Waals surface area contributed by atoms with Crippen molar-refractivity contribution in [2.24, 2.45) is 0 Å². The summed E-state index contributed by atoms with van der Waals surface area (Å²) in [5.74, 6) is 1.31. The maximum atomic E-state index is 10.1. The molecule has 0 aliphatic heterocycles. The van der Waals surface area contributed by atoms with Crippen LogP contribution in [0.25, 0.3) is 0 Å². The number of aliphatic hydroxyl groups excluding tert-OH is 1. The number of hydrogen-bond donors (Lipinski definition) is 1. The Morgan fingerprint density at radius 3 is 2.28 bits per heavy atom. The standard InChI is InChI=1S/C14H15BrO3/c1-9(2)17-11-5-3-10(4-6-11)14(16)12-7-8-13(15)18-12/h3-9,14,16H,1-2H3. The number of halogens is 1. The van der Waals surface area contributed by atoms with Crippen molar-refractivity contribution in [3.8, 4) is 5.75 Å². The van der Waals surface area contributed by atoms with E-state index in [1.807, 2.05) is 38.1 Å². The molecule has 1 N–H and O–H groups in total. The van der Waals surface area contributed by atoms with E-state index in [4.69, 9.17) is 9.15 Å². The molecule has 0 amide bonds.